The van der Waals surface area contributed by atoms with Crippen molar-refractivity contribution in [2.75, 3.05) is 25.9 Å². The molecule has 0 aliphatic carbocycles. The summed E-state index contributed by atoms with van der Waals surface area (Å²) in [5.41, 5.74) is 0.444. The molecule has 1 atom stereocenters. The third-order valence-electron chi connectivity index (χ3n) is 4.44. The number of likely N-dealkylation sites (tertiary alicyclic amines) is 1. The van der Waals surface area contributed by atoms with Crippen molar-refractivity contribution in [2.24, 2.45) is 5.92 Å². The van der Waals surface area contributed by atoms with E-state index in [-0.39, 0.29) is 22.6 Å². The summed E-state index contributed by atoms with van der Waals surface area (Å²) in [7, 11) is -3.28. The molecule has 1 aromatic rings. The van der Waals surface area contributed by atoms with Crippen LogP contribution in [-0.4, -0.2) is 51.0 Å². The van der Waals surface area contributed by atoms with Gasteiger partial charge in [-0.05, 0) is 43.5 Å². The molecule has 1 aliphatic heterocycles. The Balaban J connectivity index is 2.00. The van der Waals surface area contributed by atoms with E-state index in [2.05, 4.69) is 12.2 Å². The zero-order valence-electron chi connectivity index (χ0n) is 14.8. The summed E-state index contributed by atoms with van der Waals surface area (Å²) in [5, 5.41) is 2.93. The van der Waals surface area contributed by atoms with E-state index in [9.17, 15) is 18.0 Å². The van der Waals surface area contributed by atoms with Crippen LogP contribution < -0.4 is 5.32 Å². The number of unbranched alkanes of at least 4 members (excludes halogenated alkanes) is 1. The van der Waals surface area contributed by atoms with Crippen molar-refractivity contribution in [3.8, 4) is 0 Å². The highest BCUT2D eigenvalue weighted by Crippen LogP contribution is 2.20. The number of benzene rings is 1. The summed E-state index contributed by atoms with van der Waals surface area (Å²) in [5.74, 6) is -0.325. The number of carbonyl (C=O) groups excluding carboxylic acids is 2. The Kier molecular flexibility index (Phi) is 6.58. The number of piperidine rings is 1. The van der Waals surface area contributed by atoms with E-state index in [4.69, 9.17) is 0 Å². The van der Waals surface area contributed by atoms with Crippen LogP contribution in [-0.2, 0) is 14.6 Å². The van der Waals surface area contributed by atoms with Gasteiger partial charge in [0.2, 0.25) is 5.91 Å². The number of sulfone groups is 1. The first kappa shape index (κ1) is 19.4. The fourth-order valence-electron chi connectivity index (χ4n) is 2.94. The smallest absolute Gasteiger partial charge is 0.253 e. The molecule has 6 nitrogen and oxygen atoms in total. The average molecular weight is 366 g/mol. The Morgan fingerprint density at radius 3 is 2.52 bits per heavy atom. The van der Waals surface area contributed by atoms with Crippen LogP contribution >= 0.6 is 0 Å². The van der Waals surface area contributed by atoms with Gasteiger partial charge in [0.1, 0.15) is 0 Å². The van der Waals surface area contributed by atoms with Gasteiger partial charge in [0.15, 0.2) is 9.84 Å². The molecule has 0 aromatic heterocycles. The number of hydrogen-bond acceptors (Lipinski definition) is 4. The quantitative estimate of drug-likeness (QED) is 0.779. The standard InChI is InChI=1S/C18H26N2O4S/c1-3-4-11-19-17(21)15-6-5-12-20(13-15)18(22)14-7-9-16(10-8-14)25(2,23)24/h7-10,15H,3-6,11-13H2,1-2H3,(H,19,21). The van der Waals surface area contributed by atoms with Crippen LogP contribution in [0.5, 0.6) is 0 Å². The second kappa shape index (κ2) is 8.47. The normalized spacial score (nSPS) is 18.0. The van der Waals surface area contributed by atoms with Gasteiger partial charge in [-0.3, -0.25) is 9.59 Å². The van der Waals surface area contributed by atoms with Crippen molar-refractivity contribution in [3.63, 3.8) is 0 Å². The van der Waals surface area contributed by atoms with Gasteiger partial charge >= 0.3 is 0 Å². The van der Waals surface area contributed by atoms with Gasteiger partial charge in [0.05, 0.1) is 10.8 Å². The van der Waals surface area contributed by atoms with Crippen LogP contribution in [0.2, 0.25) is 0 Å². The molecule has 0 saturated carbocycles. The van der Waals surface area contributed by atoms with Crippen LogP contribution in [0.25, 0.3) is 0 Å². The molecule has 1 fully saturated rings. The van der Waals surface area contributed by atoms with Gasteiger partial charge in [-0.25, -0.2) is 8.42 Å². The summed E-state index contributed by atoms with van der Waals surface area (Å²) >= 11 is 0. The number of nitrogens with one attached hydrogen (secondary N) is 1. The molecule has 7 heteroatoms. The first-order valence-corrected chi connectivity index (χ1v) is 10.6. The third-order valence-corrected chi connectivity index (χ3v) is 5.57. The van der Waals surface area contributed by atoms with Gasteiger partial charge in [0, 0.05) is 31.5 Å². The topological polar surface area (TPSA) is 83.6 Å². The number of rotatable bonds is 6. The van der Waals surface area contributed by atoms with E-state index in [1.165, 1.54) is 24.3 Å². The van der Waals surface area contributed by atoms with E-state index in [0.29, 0.717) is 25.2 Å². The number of hydrogen-bond donors (Lipinski definition) is 1. The fraction of sp³-hybridized carbons (Fsp3) is 0.556. The van der Waals surface area contributed by atoms with Gasteiger partial charge in [-0.2, -0.15) is 0 Å². The minimum atomic E-state index is -3.28. The molecule has 0 bridgehead atoms. The third kappa shape index (κ3) is 5.29. The fourth-order valence-corrected chi connectivity index (χ4v) is 3.57. The van der Waals surface area contributed by atoms with Crippen LogP contribution in [0, 0.1) is 5.92 Å². The Bertz CT molecular complexity index is 713. The van der Waals surface area contributed by atoms with E-state index in [1.807, 2.05) is 0 Å². The highest BCUT2D eigenvalue weighted by atomic mass is 32.2. The molecule has 1 N–H and O–H groups in total. The molecule has 2 rings (SSSR count). The molecule has 1 aromatic carbocycles. The molecule has 0 spiro atoms. The molecule has 1 aliphatic rings. The molecule has 0 radical (unpaired) electrons. The summed E-state index contributed by atoms with van der Waals surface area (Å²) in [4.78, 5) is 26.7. The van der Waals surface area contributed by atoms with Crippen molar-refractivity contribution in [3.05, 3.63) is 29.8 Å². The molecule has 2 amide bonds. The van der Waals surface area contributed by atoms with Gasteiger partial charge in [-0.1, -0.05) is 13.3 Å². The molecular weight excluding hydrogens is 340 g/mol. The summed E-state index contributed by atoms with van der Waals surface area (Å²) < 4.78 is 23.0. The van der Waals surface area contributed by atoms with Crippen molar-refractivity contribution in [1.82, 2.24) is 10.2 Å². The SMILES string of the molecule is CCCCNC(=O)C1CCCN(C(=O)c2ccc(S(C)(=O)=O)cc2)C1. The molecule has 25 heavy (non-hydrogen) atoms. The zero-order valence-corrected chi connectivity index (χ0v) is 15.6. The maximum atomic E-state index is 12.6. The van der Waals surface area contributed by atoms with Crippen molar-refractivity contribution < 1.29 is 18.0 Å². The Morgan fingerprint density at radius 1 is 1.24 bits per heavy atom. The first-order valence-electron chi connectivity index (χ1n) is 8.70. The summed E-state index contributed by atoms with van der Waals surface area (Å²) in [6.07, 6.45) is 4.69. The van der Waals surface area contributed by atoms with Crippen molar-refractivity contribution >= 4 is 21.7 Å². The lowest BCUT2D eigenvalue weighted by Crippen LogP contribution is -2.45. The maximum absolute atomic E-state index is 12.6. The van der Waals surface area contributed by atoms with Gasteiger partial charge < -0.3 is 10.2 Å². The minimum absolute atomic E-state index is 0.0124. The van der Waals surface area contributed by atoms with E-state index < -0.39 is 9.84 Å². The van der Waals surface area contributed by atoms with Crippen molar-refractivity contribution in [2.45, 2.75) is 37.5 Å². The number of nitrogens with zero attached hydrogens (tertiary/aromatic N) is 1. The first-order chi connectivity index (χ1) is 11.8. The average Bonchev–Trinajstić information content (AvgIpc) is 2.60. The van der Waals surface area contributed by atoms with Crippen LogP contribution in [0.3, 0.4) is 0 Å². The van der Waals surface area contributed by atoms with E-state index >= 15 is 0 Å². The van der Waals surface area contributed by atoms with E-state index in [0.717, 1.165) is 31.9 Å². The minimum Gasteiger partial charge on any atom is -0.356 e. The molecule has 1 saturated heterocycles. The lowest BCUT2D eigenvalue weighted by Gasteiger charge is -2.32. The highest BCUT2D eigenvalue weighted by Gasteiger charge is 2.28. The Hall–Kier alpha value is -1.89. The Labute approximate surface area is 149 Å². The highest BCUT2D eigenvalue weighted by molar-refractivity contribution is 7.90. The lowest BCUT2D eigenvalue weighted by atomic mass is 9.96. The largest absolute Gasteiger partial charge is 0.356 e. The van der Waals surface area contributed by atoms with Crippen LogP contribution in [0.15, 0.2) is 29.2 Å². The van der Waals surface area contributed by atoms with Crippen LogP contribution in [0.1, 0.15) is 43.0 Å². The maximum Gasteiger partial charge on any atom is 0.253 e. The van der Waals surface area contributed by atoms with Gasteiger partial charge in [-0.15, -0.1) is 0 Å². The van der Waals surface area contributed by atoms with Crippen LogP contribution in [0.4, 0.5) is 0 Å². The van der Waals surface area contributed by atoms with E-state index in [1.54, 1.807) is 4.90 Å². The van der Waals surface area contributed by atoms with Gasteiger partial charge in [0.25, 0.3) is 5.91 Å². The number of carbonyl (C=O) groups is 2. The second-order valence-electron chi connectivity index (χ2n) is 6.53. The molecule has 1 unspecified atom stereocenters. The predicted molar refractivity (Wildman–Crippen MR) is 96.1 cm³/mol. The lowest BCUT2D eigenvalue weighted by molar-refractivity contribution is -0.126. The Morgan fingerprint density at radius 2 is 1.92 bits per heavy atom. The second-order valence-corrected chi connectivity index (χ2v) is 8.55. The molecule has 1 heterocycles. The predicted octanol–water partition coefficient (Wildman–Crippen LogP) is 1.86. The summed E-state index contributed by atoms with van der Waals surface area (Å²) in [6, 6.07) is 5.95. The number of amides is 2. The monoisotopic (exact) mass is 366 g/mol. The summed E-state index contributed by atoms with van der Waals surface area (Å²) in [6.45, 7) is 3.77. The van der Waals surface area contributed by atoms with Crippen molar-refractivity contribution in [1.29, 1.82) is 0 Å². The molecule has 138 valence electrons. The molecular formula is C18H26N2O4S. The zero-order chi connectivity index (χ0) is 18.4.